The van der Waals surface area contributed by atoms with Crippen LogP contribution in [0.4, 0.5) is 4.79 Å². The van der Waals surface area contributed by atoms with Crippen molar-refractivity contribution in [1.82, 2.24) is 9.80 Å². The van der Waals surface area contributed by atoms with E-state index in [1.807, 2.05) is 37.3 Å². The van der Waals surface area contributed by atoms with E-state index in [9.17, 15) is 14.4 Å². The van der Waals surface area contributed by atoms with E-state index in [1.54, 1.807) is 13.8 Å². The third-order valence-electron chi connectivity index (χ3n) is 4.30. The number of urea groups is 1. The smallest absolute Gasteiger partial charge is 0.337 e. The number of hydrogen-bond donors (Lipinski definition) is 0. The van der Waals surface area contributed by atoms with Gasteiger partial charge in [-0.1, -0.05) is 30.3 Å². The van der Waals surface area contributed by atoms with Gasteiger partial charge in [0.15, 0.2) is 0 Å². The minimum Gasteiger partial charge on any atom is -0.466 e. The van der Waals surface area contributed by atoms with Gasteiger partial charge in [-0.25, -0.2) is 9.59 Å². The normalized spacial score (nSPS) is 17.4. The zero-order valence-electron chi connectivity index (χ0n) is 15.5. The first-order valence-electron chi connectivity index (χ1n) is 8.53. The van der Waals surface area contributed by atoms with Gasteiger partial charge in [0, 0.05) is 12.2 Å². The Bertz CT molecular complexity index is 714. The van der Waals surface area contributed by atoms with E-state index < -0.39 is 18.0 Å². The lowest BCUT2D eigenvalue weighted by atomic mass is 9.93. The van der Waals surface area contributed by atoms with Crippen molar-refractivity contribution < 1.29 is 23.9 Å². The first kappa shape index (κ1) is 19.5. The van der Waals surface area contributed by atoms with Crippen molar-refractivity contribution >= 4 is 18.0 Å². The van der Waals surface area contributed by atoms with E-state index >= 15 is 0 Å². The number of allylic oxidation sites excluding steroid dienone is 1. The number of benzene rings is 1. The summed E-state index contributed by atoms with van der Waals surface area (Å²) in [5.74, 6) is -1.06. The van der Waals surface area contributed by atoms with Crippen LogP contribution in [0.2, 0.25) is 0 Å². The third-order valence-corrected chi connectivity index (χ3v) is 4.30. The summed E-state index contributed by atoms with van der Waals surface area (Å²) in [6.45, 7) is 5.55. The Kier molecular flexibility index (Phi) is 6.38. The molecule has 0 unspecified atom stereocenters. The molecule has 7 nitrogen and oxygen atoms in total. The number of ether oxygens (including phenoxy) is 2. The van der Waals surface area contributed by atoms with Crippen LogP contribution in [-0.4, -0.2) is 54.6 Å². The molecule has 1 atom stereocenters. The molecule has 26 heavy (non-hydrogen) atoms. The Morgan fingerprint density at radius 3 is 2.35 bits per heavy atom. The van der Waals surface area contributed by atoms with E-state index in [-0.39, 0.29) is 19.2 Å². The number of carbonyl (C=O) groups is 3. The fraction of sp³-hybridized carbons (Fsp3) is 0.421. The molecule has 140 valence electrons. The van der Waals surface area contributed by atoms with Gasteiger partial charge in [0.25, 0.3) is 0 Å². The van der Waals surface area contributed by atoms with E-state index in [1.165, 1.54) is 16.9 Å². The van der Waals surface area contributed by atoms with Crippen molar-refractivity contribution in [2.24, 2.45) is 0 Å². The molecule has 2 rings (SSSR count). The molecular formula is C19H24N2O5. The monoisotopic (exact) mass is 360 g/mol. The van der Waals surface area contributed by atoms with Gasteiger partial charge in [-0.05, 0) is 26.3 Å². The number of amides is 2. The summed E-state index contributed by atoms with van der Waals surface area (Å²) in [5.41, 5.74) is 1.59. The van der Waals surface area contributed by atoms with Crippen molar-refractivity contribution in [2.45, 2.75) is 26.8 Å². The Morgan fingerprint density at radius 2 is 1.81 bits per heavy atom. The maximum atomic E-state index is 13.0. The molecule has 0 saturated heterocycles. The van der Waals surface area contributed by atoms with Crippen LogP contribution in [0.15, 0.2) is 41.6 Å². The van der Waals surface area contributed by atoms with Crippen LogP contribution in [0.3, 0.4) is 0 Å². The van der Waals surface area contributed by atoms with Crippen molar-refractivity contribution in [3.63, 3.8) is 0 Å². The highest BCUT2D eigenvalue weighted by molar-refractivity contribution is 5.95. The predicted molar refractivity (Wildman–Crippen MR) is 95.0 cm³/mol. The van der Waals surface area contributed by atoms with E-state index in [4.69, 9.17) is 9.47 Å². The summed E-state index contributed by atoms with van der Waals surface area (Å²) in [4.78, 5) is 40.4. The fourth-order valence-electron chi connectivity index (χ4n) is 3.14. The molecule has 0 aliphatic carbocycles. The summed E-state index contributed by atoms with van der Waals surface area (Å²) < 4.78 is 9.97. The minimum atomic E-state index is -0.719. The molecule has 0 bridgehead atoms. The minimum absolute atomic E-state index is 0.215. The Hall–Kier alpha value is -2.83. The van der Waals surface area contributed by atoms with Gasteiger partial charge < -0.3 is 14.4 Å². The van der Waals surface area contributed by atoms with Crippen LogP contribution < -0.4 is 0 Å². The van der Waals surface area contributed by atoms with Crippen molar-refractivity contribution in [2.75, 3.05) is 26.8 Å². The molecule has 0 fully saturated rings. The molecule has 0 N–H and O–H groups in total. The largest absolute Gasteiger partial charge is 0.466 e. The molecule has 0 spiro atoms. The number of esters is 2. The number of hydrogen-bond acceptors (Lipinski definition) is 5. The molecule has 1 aliphatic rings. The molecular weight excluding hydrogens is 336 g/mol. The summed E-state index contributed by atoms with van der Waals surface area (Å²) in [7, 11) is 1.30. The van der Waals surface area contributed by atoms with Crippen molar-refractivity contribution in [1.29, 1.82) is 0 Å². The first-order chi connectivity index (χ1) is 12.5. The fourth-order valence-corrected chi connectivity index (χ4v) is 3.14. The predicted octanol–water partition coefficient (Wildman–Crippen LogP) is 2.50. The maximum absolute atomic E-state index is 13.0. The molecule has 2 amide bonds. The van der Waals surface area contributed by atoms with Gasteiger partial charge in [0.05, 0.1) is 25.3 Å². The van der Waals surface area contributed by atoms with Crippen LogP contribution in [0, 0.1) is 0 Å². The topological polar surface area (TPSA) is 76.2 Å². The van der Waals surface area contributed by atoms with E-state index in [0.717, 1.165) is 5.56 Å². The zero-order valence-corrected chi connectivity index (χ0v) is 15.5. The van der Waals surface area contributed by atoms with Gasteiger partial charge in [0.1, 0.15) is 6.54 Å². The van der Waals surface area contributed by atoms with Crippen LogP contribution in [0.5, 0.6) is 0 Å². The molecule has 0 radical (unpaired) electrons. The molecule has 0 aromatic heterocycles. The van der Waals surface area contributed by atoms with Crippen LogP contribution in [-0.2, 0) is 19.1 Å². The van der Waals surface area contributed by atoms with Gasteiger partial charge in [-0.3, -0.25) is 9.69 Å². The number of rotatable bonds is 6. The Labute approximate surface area is 153 Å². The number of nitrogens with zero attached hydrogens (tertiary/aromatic N) is 2. The molecule has 7 heteroatoms. The Balaban J connectivity index is 2.61. The molecule has 0 saturated carbocycles. The summed E-state index contributed by atoms with van der Waals surface area (Å²) in [5, 5.41) is 0. The quantitative estimate of drug-likeness (QED) is 0.729. The van der Waals surface area contributed by atoms with Crippen molar-refractivity contribution in [3.05, 3.63) is 47.2 Å². The maximum Gasteiger partial charge on any atom is 0.337 e. The first-order valence-corrected chi connectivity index (χ1v) is 8.53. The zero-order chi connectivity index (χ0) is 19.3. The lowest BCUT2D eigenvalue weighted by Crippen LogP contribution is -2.52. The highest BCUT2D eigenvalue weighted by Crippen LogP contribution is 2.37. The molecule has 1 aromatic rings. The second kappa shape index (κ2) is 8.51. The lowest BCUT2D eigenvalue weighted by Gasteiger charge is -2.42. The molecule has 1 aliphatic heterocycles. The SMILES string of the molecule is CCOC(=O)CN1C(=O)N(CC)C(C)=C(C(=O)OC)[C@@H]1c1ccccc1. The van der Waals surface area contributed by atoms with Crippen LogP contribution in [0.25, 0.3) is 0 Å². The van der Waals surface area contributed by atoms with Crippen LogP contribution >= 0.6 is 0 Å². The summed E-state index contributed by atoms with van der Waals surface area (Å²) >= 11 is 0. The Morgan fingerprint density at radius 1 is 1.15 bits per heavy atom. The standard InChI is InChI=1S/C19H24N2O5/c1-5-20-13(3)16(18(23)25-4)17(14-10-8-7-9-11-14)21(19(20)24)12-15(22)26-6-2/h7-11,17H,5-6,12H2,1-4H3/t17-/m0/s1. The second-order valence-corrected chi connectivity index (χ2v) is 5.76. The summed E-state index contributed by atoms with van der Waals surface area (Å²) in [6.07, 6.45) is 0. The van der Waals surface area contributed by atoms with Gasteiger partial charge in [-0.2, -0.15) is 0 Å². The number of carbonyl (C=O) groups excluding carboxylic acids is 3. The highest BCUT2D eigenvalue weighted by atomic mass is 16.5. The average Bonchev–Trinajstić information content (AvgIpc) is 2.64. The molecule has 1 heterocycles. The van der Waals surface area contributed by atoms with Gasteiger partial charge in [0.2, 0.25) is 0 Å². The molecule has 1 aromatic carbocycles. The number of methoxy groups -OCH3 is 1. The van der Waals surface area contributed by atoms with Gasteiger partial charge in [-0.15, -0.1) is 0 Å². The van der Waals surface area contributed by atoms with E-state index in [0.29, 0.717) is 17.8 Å². The van der Waals surface area contributed by atoms with Crippen molar-refractivity contribution in [3.8, 4) is 0 Å². The van der Waals surface area contributed by atoms with E-state index in [2.05, 4.69) is 0 Å². The average molecular weight is 360 g/mol. The lowest BCUT2D eigenvalue weighted by molar-refractivity contribution is -0.145. The highest BCUT2D eigenvalue weighted by Gasteiger charge is 2.42. The van der Waals surface area contributed by atoms with Gasteiger partial charge >= 0.3 is 18.0 Å². The third kappa shape index (κ3) is 3.71. The second-order valence-electron chi connectivity index (χ2n) is 5.76. The summed E-state index contributed by atoms with van der Waals surface area (Å²) in [6, 6.07) is 8.04. The van der Waals surface area contributed by atoms with Crippen LogP contribution in [0.1, 0.15) is 32.4 Å².